The molecule has 0 saturated carbocycles. The second kappa shape index (κ2) is 9.84. The van der Waals surface area contributed by atoms with Crippen LogP contribution in [0, 0.1) is 29.5 Å². The third-order valence-electron chi connectivity index (χ3n) is 3.82. The first-order valence-corrected chi connectivity index (χ1v) is 8.25. The van der Waals surface area contributed by atoms with Crippen molar-refractivity contribution in [2.24, 2.45) is 0 Å². The zero-order valence-electron chi connectivity index (χ0n) is 14.9. The van der Waals surface area contributed by atoms with Gasteiger partial charge in [0, 0.05) is 6.42 Å². The highest BCUT2D eigenvalue weighted by Gasteiger charge is 2.14. The third kappa shape index (κ3) is 5.76. The Labute approximate surface area is 157 Å². The summed E-state index contributed by atoms with van der Waals surface area (Å²) in [5, 5.41) is 11.9. The van der Waals surface area contributed by atoms with Gasteiger partial charge in [0.25, 0.3) is 0 Å². The molecule has 0 saturated heterocycles. The first-order chi connectivity index (χ1) is 13.1. The summed E-state index contributed by atoms with van der Waals surface area (Å²) in [4.78, 5) is 12.2. The Morgan fingerprint density at radius 3 is 2.63 bits per heavy atom. The van der Waals surface area contributed by atoms with E-state index in [-0.39, 0.29) is 18.9 Å². The average molecular weight is 366 g/mol. The van der Waals surface area contributed by atoms with E-state index in [1.54, 1.807) is 12.1 Å². The lowest BCUT2D eigenvalue weighted by Gasteiger charge is -2.13. The molecule has 0 aliphatic heterocycles. The molecule has 1 unspecified atom stereocenters. The van der Waals surface area contributed by atoms with E-state index in [1.807, 2.05) is 12.1 Å². The molecular formula is C21H19FN2O3. The minimum atomic E-state index is -0.827. The molecule has 0 heterocycles. The van der Waals surface area contributed by atoms with Gasteiger partial charge in [-0.2, -0.15) is 5.26 Å². The van der Waals surface area contributed by atoms with E-state index in [9.17, 15) is 14.4 Å². The smallest absolute Gasteiger partial charge is 0.221 e. The number of methoxy groups -OCH3 is 1. The van der Waals surface area contributed by atoms with E-state index in [0.29, 0.717) is 23.5 Å². The summed E-state index contributed by atoms with van der Waals surface area (Å²) in [5.41, 5.74) is 1.41. The number of ether oxygens (including phenoxy) is 2. The molecule has 1 N–H and O–H groups in total. The Morgan fingerprint density at radius 2 is 2.00 bits per heavy atom. The molecule has 0 radical (unpaired) electrons. The van der Waals surface area contributed by atoms with Gasteiger partial charge < -0.3 is 14.8 Å². The van der Waals surface area contributed by atoms with Crippen LogP contribution >= 0.6 is 0 Å². The Bertz CT molecular complexity index is 866. The minimum absolute atomic E-state index is 0.136. The number of hydrogen-bond acceptors (Lipinski definition) is 4. The van der Waals surface area contributed by atoms with Crippen molar-refractivity contribution in [3.8, 4) is 29.9 Å². The fraction of sp³-hybridized carbons (Fsp3) is 0.238. The molecule has 1 amide bonds. The van der Waals surface area contributed by atoms with Crippen LogP contribution in [-0.4, -0.2) is 19.6 Å². The van der Waals surface area contributed by atoms with E-state index in [2.05, 4.69) is 11.2 Å². The second-order valence-electron chi connectivity index (χ2n) is 5.66. The fourth-order valence-corrected chi connectivity index (χ4v) is 2.44. The molecular weight excluding hydrogens is 347 g/mol. The van der Waals surface area contributed by atoms with E-state index in [4.69, 9.17) is 15.9 Å². The average Bonchev–Trinajstić information content (AvgIpc) is 2.69. The quantitative estimate of drug-likeness (QED) is 0.729. The van der Waals surface area contributed by atoms with Gasteiger partial charge in [0.1, 0.15) is 18.5 Å². The summed E-state index contributed by atoms with van der Waals surface area (Å²) in [6.45, 7) is 0.136. The molecule has 2 aromatic carbocycles. The molecule has 138 valence electrons. The number of terminal acetylenes is 1. The number of carbonyl (C=O) groups excluding carboxylic acids is 1. The van der Waals surface area contributed by atoms with E-state index >= 15 is 0 Å². The highest BCUT2D eigenvalue weighted by molar-refractivity contribution is 5.77. The van der Waals surface area contributed by atoms with Crippen LogP contribution in [-0.2, 0) is 11.2 Å². The lowest BCUT2D eigenvalue weighted by atomic mass is 10.1. The summed E-state index contributed by atoms with van der Waals surface area (Å²) >= 11 is 0. The maximum Gasteiger partial charge on any atom is 0.221 e. The van der Waals surface area contributed by atoms with Crippen molar-refractivity contribution < 1.29 is 18.7 Å². The number of hydrogen-bond donors (Lipinski definition) is 1. The molecule has 0 spiro atoms. The van der Waals surface area contributed by atoms with Crippen LogP contribution in [0.4, 0.5) is 4.39 Å². The summed E-state index contributed by atoms with van der Waals surface area (Å²) in [5.74, 6) is 2.77. The molecule has 0 fully saturated rings. The van der Waals surface area contributed by atoms with Gasteiger partial charge in [-0.25, -0.2) is 4.39 Å². The van der Waals surface area contributed by atoms with Crippen LogP contribution in [0.25, 0.3) is 0 Å². The van der Waals surface area contributed by atoms with Crippen LogP contribution in [0.15, 0.2) is 42.5 Å². The van der Waals surface area contributed by atoms with Crippen molar-refractivity contribution in [2.45, 2.75) is 18.9 Å². The maximum atomic E-state index is 13.0. The van der Waals surface area contributed by atoms with Gasteiger partial charge in [0.15, 0.2) is 11.5 Å². The molecule has 1 atom stereocenters. The van der Waals surface area contributed by atoms with E-state index in [0.717, 1.165) is 5.56 Å². The van der Waals surface area contributed by atoms with Crippen LogP contribution in [0.1, 0.15) is 23.6 Å². The van der Waals surface area contributed by atoms with Crippen LogP contribution in [0.2, 0.25) is 0 Å². The molecule has 0 aliphatic carbocycles. The summed E-state index contributed by atoms with van der Waals surface area (Å²) in [6, 6.07) is 12.0. The lowest BCUT2D eigenvalue weighted by Crippen LogP contribution is -2.27. The van der Waals surface area contributed by atoms with Crippen LogP contribution in [0.5, 0.6) is 11.5 Å². The predicted molar refractivity (Wildman–Crippen MR) is 98.5 cm³/mol. The Hall–Kier alpha value is -3.51. The van der Waals surface area contributed by atoms with Gasteiger partial charge in [-0.15, -0.1) is 6.42 Å². The summed E-state index contributed by atoms with van der Waals surface area (Å²) in [6.07, 6.45) is 5.82. The van der Waals surface area contributed by atoms with Gasteiger partial charge in [0.2, 0.25) is 5.91 Å². The number of rotatable bonds is 8. The van der Waals surface area contributed by atoms with Gasteiger partial charge in [-0.3, -0.25) is 4.79 Å². The second-order valence-corrected chi connectivity index (χ2v) is 5.66. The summed E-state index contributed by atoms with van der Waals surface area (Å²) < 4.78 is 23.6. The van der Waals surface area contributed by atoms with Gasteiger partial charge >= 0.3 is 0 Å². The zero-order chi connectivity index (χ0) is 19.6. The topological polar surface area (TPSA) is 71.3 Å². The van der Waals surface area contributed by atoms with Gasteiger partial charge in [-0.1, -0.05) is 24.1 Å². The number of benzene rings is 2. The number of carbonyl (C=O) groups is 1. The highest BCUT2D eigenvalue weighted by atomic mass is 19.1. The number of nitrogens with zero attached hydrogens (tertiary/aromatic N) is 1. The zero-order valence-corrected chi connectivity index (χ0v) is 14.9. The largest absolute Gasteiger partial charge is 0.493 e. The molecule has 0 aliphatic rings. The van der Waals surface area contributed by atoms with Crippen LogP contribution in [0.3, 0.4) is 0 Å². The Morgan fingerprint density at radius 1 is 1.26 bits per heavy atom. The lowest BCUT2D eigenvalue weighted by molar-refractivity contribution is -0.121. The molecule has 6 heteroatoms. The van der Waals surface area contributed by atoms with Gasteiger partial charge in [-0.05, 0) is 41.8 Å². The molecule has 2 rings (SSSR count). The maximum absolute atomic E-state index is 13.0. The number of nitrogens with one attached hydrogen (secondary N) is 1. The first-order valence-electron chi connectivity index (χ1n) is 8.25. The van der Waals surface area contributed by atoms with Crippen molar-refractivity contribution in [3.05, 3.63) is 59.4 Å². The molecule has 0 bridgehead atoms. The fourth-order valence-electron chi connectivity index (χ4n) is 2.44. The van der Waals surface area contributed by atoms with Crippen molar-refractivity contribution in [3.63, 3.8) is 0 Å². The monoisotopic (exact) mass is 366 g/mol. The molecule has 27 heavy (non-hydrogen) atoms. The van der Waals surface area contributed by atoms with Crippen molar-refractivity contribution in [1.29, 1.82) is 5.26 Å². The van der Waals surface area contributed by atoms with E-state index in [1.165, 1.54) is 31.4 Å². The van der Waals surface area contributed by atoms with Crippen molar-refractivity contribution in [1.82, 2.24) is 5.32 Å². The summed E-state index contributed by atoms with van der Waals surface area (Å²) in [7, 11) is 1.52. The van der Waals surface area contributed by atoms with Crippen molar-refractivity contribution in [2.75, 3.05) is 13.7 Å². The number of amides is 1. The minimum Gasteiger partial charge on any atom is -0.493 e. The van der Waals surface area contributed by atoms with Gasteiger partial charge in [0.05, 0.1) is 13.2 Å². The molecule has 5 nitrogen and oxygen atoms in total. The number of nitriles is 1. The number of aryl methyl sites for hydroxylation is 1. The predicted octanol–water partition coefficient (Wildman–Crippen LogP) is 3.16. The normalized spacial score (nSPS) is 11.0. The highest BCUT2D eigenvalue weighted by Crippen LogP contribution is 2.28. The van der Waals surface area contributed by atoms with E-state index < -0.39 is 11.9 Å². The SMILES string of the molecule is C#CCOc1ccc(CCC(=O)NC(C#N)c2ccc(F)cc2)cc1OC. The van der Waals surface area contributed by atoms with Crippen molar-refractivity contribution >= 4 is 5.91 Å². The first kappa shape index (κ1) is 19.8. The standard InChI is InChI=1S/C21H19FN2O3/c1-3-12-27-19-10-4-15(13-20(19)26-2)5-11-21(25)24-18(14-23)16-6-8-17(22)9-7-16/h1,4,6-10,13,18H,5,11-12H2,2H3,(H,24,25). The molecule has 2 aromatic rings. The Balaban J connectivity index is 1.95. The molecule has 0 aromatic heterocycles. The van der Waals surface area contributed by atoms with Crippen LogP contribution < -0.4 is 14.8 Å². The third-order valence-corrected chi connectivity index (χ3v) is 3.82. The Kier molecular flexibility index (Phi) is 7.22. The number of halogens is 1.